The molecule has 104 valence electrons. The van der Waals surface area contributed by atoms with Crippen LogP contribution in [0.5, 0.6) is 0 Å². The van der Waals surface area contributed by atoms with Gasteiger partial charge >= 0.3 is 0 Å². The van der Waals surface area contributed by atoms with Crippen molar-refractivity contribution in [2.45, 2.75) is 32.6 Å². The van der Waals surface area contributed by atoms with Crippen LogP contribution in [0.2, 0.25) is 5.02 Å². The second-order valence-corrected chi connectivity index (χ2v) is 6.68. The summed E-state index contributed by atoms with van der Waals surface area (Å²) in [7, 11) is 0. The molecule has 1 fully saturated rings. The summed E-state index contributed by atoms with van der Waals surface area (Å²) in [6.07, 6.45) is 5.03. The molecule has 4 heteroatoms. The topological polar surface area (TPSA) is 29.1 Å². The summed E-state index contributed by atoms with van der Waals surface area (Å²) in [5.41, 5.74) is 0.542. The van der Waals surface area contributed by atoms with Crippen molar-refractivity contribution >= 4 is 33.4 Å². The molecule has 0 radical (unpaired) electrons. The van der Waals surface area contributed by atoms with E-state index in [1.807, 2.05) is 12.1 Å². The maximum absolute atomic E-state index is 12.1. The summed E-state index contributed by atoms with van der Waals surface area (Å²) < 4.78 is 0.758. The van der Waals surface area contributed by atoms with Gasteiger partial charge in [0.2, 0.25) is 0 Å². The molecule has 1 aromatic rings. The van der Waals surface area contributed by atoms with Gasteiger partial charge in [0, 0.05) is 11.0 Å². The lowest BCUT2D eigenvalue weighted by molar-refractivity contribution is 0.0941. The smallest absolute Gasteiger partial charge is 0.252 e. The fraction of sp³-hybridized carbons (Fsp3) is 0.533. The number of hydrogen-bond acceptors (Lipinski definition) is 1. The number of rotatable bonds is 3. The zero-order valence-corrected chi connectivity index (χ0v) is 13.4. The van der Waals surface area contributed by atoms with Gasteiger partial charge in [0.25, 0.3) is 5.91 Å². The Balaban J connectivity index is 1.92. The van der Waals surface area contributed by atoms with Gasteiger partial charge in [-0.3, -0.25) is 4.79 Å². The third-order valence-electron chi connectivity index (χ3n) is 3.79. The van der Waals surface area contributed by atoms with Gasteiger partial charge in [-0.15, -0.1) is 0 Å². The summed E-state index contributed by atoms with van der Waals surface area (Å²) in [4.78, 5) is 12.1. The lowest BCUT2D eigenvalue weighted by Gasteiger charge is -2.26. The minimum Gasteiger partial charge on any atom is -0.352 e. The Morgan fingerprint density at radius 1 is 1.47 bits per heavy atom. The van der Waals surface area contributed by atoms with Crippen LogP contribution >= 0.6 is 27.5 Å². The molecule has 0 saturated heterocycles. The molecule has 1 saturated carbocycles. The zero-order chi connectivity index (χ0) is 13.8. The first-order chi connectivity index (χ1) is 9.08. The average Bonchev–Trinajstić information content (AvgIpc) is 2.39. The first kappa shape index (κ1) is 14.9. The van der Waals surface area contributed by atoms with Crippen LogP contribution in [0.15, 0.2) is 22.7 Å². The van der Waals surface area contributed by atoms with Gasteiger partial charge in [-0.1, -0.05) is 37.4 Å². The second kappa shape index (κ2) is 6.76. The van der Waals surface area contributed by atoms with Gasteiger partial charge in [0.1, 0.15) is 0 Å². The van der Waals surface area contributed by atoms with Crippen LogP contribution in [0.4, 0.5) is 0 Å². The molecular formula is C15H19BrClNO. The normalized spacial score (nSPS) is 23.1. The van der Waals surface area contributed by atoms with Crippen molar-refractivity contribution in [3.63, 3.8) is 0 Å². The molecule has 0 aromatic heterocycles. The first-order valence-corrected chi connectivity index (χ1v) is 7.97. The number of nitrogens with one attached hydrogen (secondary N) is 1. The Kier molecular flexibility index (Phi) is 5.28. The van der Waals surface area contributed by atoms with Gasteiger partial charge in [-0.2, -0.15) is 0 Å². The van der Waals surface area contributed by atoms with Crippen LogP contribution in [0, 0.1) is 11.8 Å². The van der Waals surface area contributed by atoms with Gasteiger partial charge < -0.3 is 5.32 Å². The highest BCUT2D eigenvalue weighted by Crippen LogP contribution is 2.29. The predicted octanol–water partition coefficient (Wildman–Crippen LogP) is 4.66. The quantitative estimate of drug-likeness (QED) is 0.849. The van der Waals surface area contributed by atoms with Gasteiger partial charge in [0.05, 0.1) is 10.6 Å². The van der Waals surface area contributed by atoms with E-state index < -0.39 is 0 Å². The van der Waals surface area contributed by atoms with Crippen LogP contribution in [-0.4, -0.2) is 12.5 Å². The van der Waals surface area contributed by atoms with Crippen molar-refractivity contribution in [2.24, 2.45) is 11.8 Å². The summed E-state index contributed by atoms with van der Waals surface area (Å²) in [5, 5.41) is 3.50. The monoisotopic (exact) mass is 343 g/mol. The van der Waals surface area contributed by atoms with Crippen molar-refractivity contribution in [2.75, 3.05) is 6.54 Å². The van der Waals surface area contributed by atoms with E-state index in [1.165, 1.54) is 25.7 Å². The van der Waals surface area contributed by atoms with E-state index in [9.17, 15) is 4.79 Å². The van der Waals surface area contributed by atoms with E-state index in [2.05, 4.69) is 28.2 Å². The molecule has 2 rings (SSSR count). The van der Waals surface area contributed by atoms with Gasteiger partial charge in [0.15, 0.2) is 0 Å². The first-order valence-electron chi connectivity index (χ1n) is 6.80. The van der Waals surface area contributed by atoms with E-state index in [1.54, 1.807) is 6.07 Å². The molecule has 0 aliphatic heterocycles. The molecule has 2 nitrogen and oxygen atoms in total. The van der Waals surface area contributed by atoms with Crippen molar-refractivity contribution in [3.05, 3.63) is 33.3 Å². The van der Waals surface area contributed by atoms with Crippen molar-refractivity contribution < 1.29 is 4.79 Å². The van der Waals surface area contributed by atoms with E-state index in [0.29, 0.717) is 16.5 Å². The lowest BCUT2D eigenvalue weighted by atomic mass is 9.82. The van der Waals surface area contributed by atoms with Gasteiger partial charge in [-0.25, -0.2) is 0 Å². The minimum atomic E-state index is -0.0791. The number of amides is 1. The fourth-order valence-electron chi connectivity index (χ4n) is 2.76. The van der Waals surface area contributed by atoms with Crippen LogP contribution in [-0.2, 0) is 0 Å². The molecule has 2 unspecified atom stereocenters. The highest BCUT2D eigenvalue weighted by Gasteiger charge is 2.20. The highest BCUT2D eigenvalue weighted by molar-refractivity contribution is 9.10. The van der Waals surface area contributed by atoms with E-state index >= 15 is 0 Å². The standard InChI is InChI=1S/C15H19BrClNO/c1-10-4-2-5-11(8-10)9-18-15(19)12-6-3-7-13(16)14(12)17/h3,6-7,10-11H,2,4-5,8-9H2,1H3,(H,18,19). The SMILES string of the molecule is CC1CCCC(CNC(=O)c2cccc(Br)c2Cl)C1. The molecule has 1 N–H and O–H groups in total. The molecule has 1 amide bonds. The molecule has 0 spiro atoms. The third-order valence-corrected chi connectivity index (χ3v) is 5.09. The summed E-state index contributed by atoms with van der Waals surface area (Å²) in [5.74, 6) is 1.31. The van der Waals surface area contributed by atoms with Crippen LogP contribution in [0.3, 0.4) is 0 Å². The largest absolute Gasteiger partial charge is 0.352 e. The van der Waals surface area contributed by atoms with Crippen LogP contribution in [0.25, 0.3) is 0 Å². The Hall–Kier alpha value is -0.540. The molecule has 1 aliphatic rings. The summed E-state index contributed by atoms with van der Waals surface area (Å²) in [6.45, 7) is 3.05. The molecular weight excluding hydrogens is 326 g/mol. The van der Waals surface area contributed by atoms with E-state index in [4.69, 9.17) is 11.6 Å². The van der Waals surface area contributed by atoms with Crippen molar-refractivity contribution in [1.82, 2.24) is 5.32 Å². The minimum absolute atomic E-state index is 0.0791. The fourth-order valence-corrected chi connectivity index (χ4v) is 3.33. The van der Waals surface area contributed by atoms with E-state index in [-0.39, 0.29) is 5.91 Å². The average molecular weight is 345 g/mol. The maximum atomic E-state index is 12.1. The Morgan fingerprint density at radius 3 is 3.00 bits per heavy atom. The number of halogens is 2. The molecule has 1 aromatic carbocycles. The Bertz CT molecular complexity index is 463. The number of hydrogen-bond donors (Lipinski definition) is 1. The third kappa shape index (κ3) is 3.96. The van der Waals surface area contributed by atoms with Gasteiger partial charge in [-0.05, 0) is 52.7 Å². The predicted molar refractivity (Wildman–Crippen MR) is 82.6 cm³/mol. The second-order valence-electron chi connectivity index (χ2n) is 5.45. The number of carbonyl (C=O) groups is 1. The van der Waals surface area contributed by atoms with Crippen molar-refractivity contribution in [1.29, 1.82) is 0 Å². The molecule has 2 atom stereocenters. The van der Waals surface area contributed by atoms with E-state index in [0.717, 1.165) is 16.9 Å². The molecule has 0 heterocycles. The Labute approximate surface area is 128 Å². The highest BCUT2D eigenvalue weighted by atomic mass is 79.9. The summed E-state index contributed by atoms with van der Waals surface area (Å²) in [6, 6.07) is 5.42. The molecule has 0 bridgehead atoms. The summed E-state index contributed by atoms with van der Waals surface area (Å²) >= 11 is 9.46. The lowest BCUT2D eigenvalue weighted by Crippen LogP contribution is -2.31. The van der Waals surface area contributed by atoms with Crippen molar-refractivity contribution in [3.8, 4) is 0 Å². The molecule has 1 aliphatic carbocycles. The maximum Gasteiger partial charge on any atom is 0.252 e. The number of benzene rings is 1. The van der Waals surface area contributed by atoms with Crippen LogP contribution < -0.4 is 5.32 Å². The zero-order valence-electron chi connectivity index (χ0n) is 11.1. The Morgan fingerprint density at radius 2 is 2.26 bits per heavy atom. The molecule has 19 heavy (non-hydrogen) atoms. The number of carbonyl (C=O) groups excluding carboxylic acids is 1. The van der Waals surface area contributed by atoms with Crippen LogP contribution in [0.1, 0.15) is 43.0 Å².